The molecule has 0 spiro atoms. The zero-order valence-electron chi connectivity index (χ0n) is 16.2. The van der Waals surface area contributed by atoms with Crippen LogP contribution in [0.1, 0.15) is 28.4 Å². The lowest BCUT2D eigenvalue weighted by atomic mass is 10.1. The number of aryl methyl sites for hydroxylation is 1. The molecule has 2 rings (SSSR count). The van der Waals surface area contributed by atoms with E-state index in [0.29, 0.717) is 17.9 Å². The number of carbonyl (C=O) groups excluding carboxylic acids is 3. The summed E-state index contributed by atoms with van der Waals surface area (Å²) in [6, 6.07) is 12.2. The summed E-state index contributed by atoms with van der Waals surface area (Å²) in [5.41, 5.74) is 3.94. The van der Waals surface area contributed by atoms with Gasteiger partial charge in [-0.3, -0.25) is 9.59 Å². The molecule has 0 aromatic heterocycles. The molecule has 6 nitrogen and oxygen atoms in total. The van der Waals surface area contributed by atoms with Crippen molar-refractivity contribution in [1.82, 2.24) is 0 Å². The van der Waals surface area contributed by atoms with Crippen molar-refractivity contribution in [2.75, 3.05) is 28.7 Å². The van der Waals surface area contributed by atoms with Crippen LogP contribution in [0, 0.1) is 13.8 Å². The number of carbonyl (C=O) groups is 3. The van der Waals surface area contributed by atoms with Crippen LogP contribution >= 0.6 is 11.8 Å². The summed E-state index contributed by atoms with van der Waals surface area (Å²) in [6.07, 6.45) is 0. The minimum absolute atomic E-state index is 0.148. The minimum atomic E-state index is -0.397. The molecule has 148 valence electrons. The molecule has 0 saturated carbocycles. The van der Waals surface area contributed by atoms with Gasteiger partial charge in [0.15, 0.2) is 0 Å². The molecule has 2 aromatic rings. The lowest BCUT2D eigenvalue weighted by Gasteiger charge is -2.10. The Morgan fingerprint density at radius 3 is 2.21 bits per heavy atom. The Morgan fingerprint density at radius 1 is 0.929 bits per heavy atom. The van der Waals surface area contributed by atoms with Gasteiger partial charge in [0.2, 0.25) is 11.8 Å². The molecule has 2 N–H and O–H groups in total. The zero-order valence-corrected chi connectivity index (χ0v) is 17.0. The van der Waals surface area contributed by atoms with Gasteiger partial charge < -0.3 is 15.4 Å². The van der Waals surface area contributed by atoms with Gasteiger partial charge in [-0.05, 0) is 62.2 Å². The molecule has 0 aliphatic heterocycles. The molecule has 0 radical (unpaired) electrons. The fourth-order valence-corrected chi connectivity index (χ4v) is 3.03. The Kier molecular flexibility index (Phi) is 8.07. The highest BCUT2D eigenvalue weighted by Gasteiger charge is 2.10. The highest BCUT2D eigenvalue weighted by molar-refractivity contribution is 8.00. The second kappa shape index (κ2) is 10.5. The summed E-state index contributed by atoms with van der Waals surface area (Å²) in [5, 5.41) is 5.60. The van der Waals surface area contributed by atoms with Crippen LogP contribution in [0.3, 0.4) is 0 Å². The maximum Gasteiger partial charge on any atom is 0.338 e. The predicted octanol–water partition coefficient (Wildman–Crippen LogP) is 3.79. The molecule has 0 aliphatic rings. The van der Waals surface area contributed by atoms with Crippen LogP contribution in [0.4, 0.5) is 11.4 Å². The van der Waals surface area contributed by atoms with E-state index in [0.717, 1.165) is 16.8 Å². The van der Waals surface area contributed by atoms with E-state index < -0.39 is 5.97 Å². The number of hydrogen-bond acceptors (Lipinski definition) is 5. The largest absolute Gasteiger partial charge is 0.462 e. The van der Waals surface area contributed by atoms with Crippen molar-refractivity contribution in [3.05, 3.63) is 59.2 Å². The molecule has 0 unspecified atom stereocenters. The highest BCUT2D eigenvalue weighted by atomic mass is 32.2. The van der Waals surface area contributed by atoms with E-state index in [4.69, 9.17) is 4.74 Å². The maximum absolute atomic E-state index is 12.1. The number of anilines is 2. The molecule has 2 aromatic carbocycles. The van der Waals surface area contributed by atoms with Gasteiger partial charge in [-0.25, -0.2) is 4.79 Å². The number of thioether (sulfide) groups is 1. The van der Waals surface area contributed by atoms with Crippen LogP contribution in [0.15, 0.2) is 42.5 Å². The third-order valence-corrected chi connectivity index (χ3v) is 4.96. The first kappa shape index (κ1) is 21.5. The summed E-state index contributed by atoms with van der Waals surface area (Å²) >= 11 is 1.23. The van der Waals surface area contributed by atoms with Crippen molar-refractivity contribution in [1.29, 1.82) is 0 Å². The summed E-state index contributed by atoms with van der Waals surface area (Å²) in [7, 11) is 0. The van der Waals surface area contributed by atoms with E-state index in [1.54, 1.807) is 31.2 Å². The zero-order chi connectivity index (χ0) is 20.5. The summed E-state index contributed by atoms with van der Waals surface area (Å²) in [6.45, 7) is 6.00. The molecular weight excluding hydrogens is 376 g/mol. The van der Waals surface area contributed by atoms with Gasteiger partial charge in [-0.1, -0.05) is 12.1 Å². The van der Waals surface area contributed by atoms with E-state index >= 15 is 0 Å². The Bertz CT molecular complexity index is 850. The average molecular weight is 401 g/mol. The number of benzene rings is 2. The fourth-order valence-electron chi connectivity index (χ4n) is 2.41. The van der Waals surface area contributed by atoms with E-state index in [1.807, 2.05) is 32.0 Å². The Morgan fingerprint density at radius 2 is 1.57 bits per heavy atom. The Balaban J connectivity index is 1.75. The van der Waals surface area contributed by atoms with Crippen molar-refractivity contribution in [2.45, 2.75) is 20.8 Å². The molecule has 2 amide bonds. The van der Waals surface area contributed by atoms with E-state index in [9.17, 15) is 14.4 Å². The molecular formula is C21H24N2O4S. The number of ether oxygens (including phenoxy) is 1. The van der Waals surface area contributed by atoms with Crippen molar-refractivity contribution < 1.29 is 19.1 Å². The van der Waals surface area contributed by atoms with Gasteiger partial charge >= 0.3 is 5.97 Å². The monoisotopic (exact) mass is 400 g/mol. The third-order valence-electron chi connectivity index (χ3n) is 4.02. The number of esters is 1. The van der Waals surface area contributed by atoms with Crippen LogP contribution in [0.2, 0.25) is 0 Å². The summed E-state index contributed by atoms with van der Waals surface area (Å²) in [5.74, 6) is -0.424. The standard InChI is InChI=1S/C21H24N2O4S/c1-4-27-21(26)16-8-10-17(11-9-16)22-19(24)12-28-13-20(25)23-18-7-5-6-14(2)15(18)3/h5-11H,4,12-13H2,1-3H3,(H,22,24)(H,23,25). The Hall–Kier alpha value is -2.80. The minimum Gasteiger partial charge on any atom is -0.462 e. The van der Waals surface area contributed by atoms with Gasteiger partial charge in [0.1, 0.15) is 0 Å². The predicted molar refractivity (Wildman–Crippen MR) is 113 cm³/mol. The first-order valence-corrected chi connectivity index (χ1v) is 10.1. The lowest BCUT2D eigenvalue weighted by molar-refractivity contribution is -0.114. The van der Waals surface area contributed by atoms with Crippen LogP contribution in [-0.2, 0) is 14.3 Å². The number of nitrogens with one attached hydrogen (secondary N) is 2. The SMILES string of the molecule is CCOC(=O)c1ccc(NC(=O)CSCC(=O)Nc2cccc(C)c2C)cc1. The van der Waals surface area contributed by atoms with Crippen LogP contribution < -0.4 is 10.6 Å². The molecule has 0 aliphatic carbocycles. The second-order valence-electron chi connectivity index (χ2n) is 6.13. The van der Waals surface area contributed by atoms with Crippen LogP contribution in [-0.4, -0.2) is 35.9 Å². The van der Waals surface area contributed by atoms with E-state index in [2.05, 4.69) is 10.6 Å². The smallest absolute Gasteiger partial charge is 0.338 e. The van der Waals surface area contributed by atoms with Gasteiger partial charge in [0.25, 0.3) is 0 Å². The number of amides is 2. The molecule has 0 bridgehead atoms. The molecule has 0 heterocycles. The second-order valence-corrected chi connectivity index (χ2v) is 7.12. The van der Waals surface area contributed by atoms with E-state index in [-0.39, 0.29) is 23.3 Å². The summed E-state index contributed by atoms with van der Waals surface area (Å²) < 4.78 is 4.91. The molecule has 28 heavy (non-hydrogen) atoms. The van der Waals surface area contributed by atoms with Crippen molar-refractivity contribution in [3.63, 3.8) is 0 Å². The Labute approximate surface area is 169 Å². The number of rotatable bonds is 8. The van der Waals surface area contributed by atoms with Gasteiger partial charge in [0, 0.05) is 11.4 Å². The maximum atomic E-state index is 12.1. The normalized spacial score (nSPS) is 10.2. The van der Waals surface area contributed by atoms with Crippen LogP contribution in [0.5, 0.6) is 0 Å². The third kappa shape index (κ3) is 6.42. The molecule has 0 saturated heterocycles. The first-order valence-electron chi connectivity index (χ1n) is 8.91. The summed E-state index contributed by atoms with van der Waals surface area (Å²) in [4.78, 5) is 35.7. The first-order chi connectivity index (χ1) is 13.4. The fraction of sp³-hybridized carbons (Fsp3) is 0.286. The lowest BCUT2D eigenvalue weighted by Crippen LogP contribution is -2.19. The quantitative estimate of drug-likeness (QED) is 0.659. The van der Waals surface area contributed by atoms with Gasteiger partial charge in [-0.15, -0.1) is 11.8 Å². The van der Waals surface area contributed by atoms with Crippen molar-refractivity contribution in [3.8, 4) is 0 Å². The van der Waals surface area contributed by atoms with E-state index in [1.165, 1.54) is 11.8 Å². The van der Waals surface area contributed by atoms with Gasteiger partial charge in [0.05, 0.1) is 23.7 Å². The molecule has 0 atom stereocenters. The van der Waals surface area contributed by atoms with Crippen molar-refractivity contribution >= 4 is 40.9 Å². The average Bonchev–Trinajstić information content (AvgIpc) is 2.66. The number of hydrogen-bond donors (Lipinski definition) is 2. The highest BCUT2D eigenvalue weighted by Crippen LogP contribution is 2.18. The molecule has 7 heteroatoms. The topological polar surface area (TPSA) is 84.5 Å². The van der Waals surface area contributed by atoms with Crippen molar-refractivity contribution in [2.24, 2.45) is 0 Å². The van der Waals surface area contributed by atoms with Gasteiger partial charge in [-0.2, -0.15) is 0 Å². The molecule has 0 fully saturated rings. The van der Waals surface area contributed by atoms with Crippen LogP contribution in [0.25, 0.3) is 0 Å².